The molecule has 0 saturated heterocycles. The van der Waals surface area contributed by atoms with Crippen molar-refractivity contribution >= 4 is 9.84 Å². The molecule has 1 aromatic heterocycles. The van der Waals surface area contributed by atoms with Gasteiger partial charge in [0.1, 0.15) is 5.82 Å². The van der Waals surface area contributed by atoms with Gasteiger partial charge in [0.05, 0.1) is 12.0 Å². The normalized spacial score (nSPS) is 12.2. The Morgan fingerprint density at radius 2 is 1.76 bits per heavy atom. The first-order chi connectivity index (χ1) is 13.5. The lowest BCUT2D eigenvalue weighted by Gasteiger charge is -2.09. The Morgan fingerprint density at radius 3 is 2.28 bits per heavy atom. The maximum absolute atomic E-state index is 13.9. The fourth-order valence-electron chi connectivity index (χ4n) is 2.76. The predicted molar refractivity (Wildman–Crippen MR) is 97.4 cm³/mol. The molecule has 0 aliphatic heterocycles. The number of imidazole rings is 1. The summed E-state index contributed by atoms with van der Waals surface area (Å²) in [6.07, 6.45) is -2.89. The van der Waals surface area contributed by atoms with Gasteiger partial charge in [-0.25, -0.2) is 17.8 Å². The summed E-state index contributed by atoms with van der Waals surface area (Å²) in [6, 6.07) is 9.44. The van der Waals surface area contributed by atoms with Gasteiger partial charge in [-0.05, 0) is 42.0 Å². The highest BCUT2D eigenvalue weighted by Crippen LogP contribution is 2.30. The Bertz CT molecular complexity index is 1140. The largest absolute Gasteiger partial charge is 0.494 e. The van der Waals surface area contributed by atoms with Gasteiger partial charge in [0, 0.05) is 24.6 Å². The number of halogens is 4. The molecule has 3 aromatic rings. The summed E-state index contributed by atoms with van der Waals surface area (Å²) in [4.78, 5) is 3.70. The van der Waals surface area contributed by atoms with Crippen molar-refractivity contribution in [2.45, 2.75) is 17.5 Å². The van der Waals surface area contributed by atoms with Crippen molar-refractivity contribution in [3.8, 4) is 11.4 Å². The Balaban J connectivity index is 2.04. The van der Waals surface area contributed by atoms with Crippen molar-refractivity contribution < 1.29 is 30.7 Å². The maximum atomic E-state index is 13.9. The van der Waals surface area contributed by atoms with E-state index < -0.39 is 27.5 Å². The van der Waals surface area contributed by atoms with Crippen molar-refractivity contribution in [3.63, 3.8) is 0 Å². The summed E-state index contributed by atoms with van der Waals surface area (Å²) in [7, 11) is -2.14. The van der Waals surface area contributed by atoms with Gasteiger partial charge in [0.15, 0.2) is 27.1 Å². The Kier molecular flexibility index (Phi) is 5.40. The first-order valence-electron chi connectivity index (χ1n) is 8.27. The van der Waals surface area contributed by atoms with Crippen LogP contribution < -0.4 is 4.74 Å². The van der Waals surface area contributed by atoms with E-state index in [0.717, 1.165) is 18.5 Å². The molecule has 0 saturated carbocycles. The van der Waals surface area contributed by atoms with E-state index in [1.807, 2.05) is 0 Å². The minimum Gasteiger partial charge on any atom is -0.494 e. The number of sulfone groups is 1. The van der Waals surface area contributed by atoms with Crippen LogP contribution in [0.5, 0.6) is 5.75 Å². The summed E-state index contributed by atoms with van der Waals surface area (Å²) in [5.74, 6) is -0.602. The second-order valence-electron chi connectivity index (χ2n) is 6.32. The summed E-state index contributed by atoms with van der Waals surface area (Å²) < 4.78 is 82.7. The van der Waals surface area contributed by atoms with Gasteiger partial charge < -0.3 is 9.30 Å². The fourth-order valence-corrected chi connectivity index (χ4v) is 3.39. The Labute approximate surface area is 164 Å². The molecule has 1 heterocycles. The van der Waals surface area contributed by atoms with Gasteiger partial charge in [0.2, 0.25) is 0 Å². The number of methoxy groups -OCH3 is 1. The number of alkyl halides is 3. The van der Waals surface area contributed by atoms with E-state index in [1.54, 1.807) is 0 Å². The van der Waals surface area contributed by atoms with Gasteiger partial charge in [0.25, 0.3) is 0 Å². The number of aromatic nitrogens is 2. The molecule has 0 bridgehead atoms. The third-order valence-corrected chi connectivity index (χ3v) is 5.32. The fraction of sp³-hybridized carbons (Fsp3) is 0.211. The van der Waals surface area contributed by atoms with E-state index in [9.17, 15) is 26.0 Å². The van der Waals surface area contributed by atoms with Crippen LogP contribution in [0.4, 0.5) is 17.6 Å². The molecule has 0 unspecified atom stereocenters. The highest BCUT2D eigenvalue weighted by molar-refractivity contribution is 7.90. The molecule has 154 valence electrons. The highest BCUT2D eigenvalue weighted by atomic mass is 32.2. The third-order valence-electron chi connectivity index (χ3n) is 4.19. The molecule has 10 heteroatoms. The predicted octanol–water partition coefficient (Wildman–Crippen LogP) is 4.03. The van der Waals surface area contributed by atoms with Gasteiger partial charge >= 0.3 is 6.18 Å². The molecule has 2 aromatic carbocycles. The van der Waals surface area contributed by atoms with E-state index in [4.69, 9.17) is 4.74 Å². The SMILES string of the molecule is COc1ccc(Cc2nc(C(F)(F)F)cn2-c2ccc(S(C)(=O)=O)cc2)cc1F. The maximum Gasteiger partial charge on any atom is 0.434 e. The van der Waals surface area contributed by atoms with Crippen molar-refractivity contribution in [2.75, 3.05) is 13.4 Å². The topological polar surface area (TPSA) is 61.2 Å². The number of hydrogen-bond donors (Lipinski definition) is 0. The molecule has 0 N–H and O–H groups in total. The van der Waals surface area contributed by atoms with Gasteiger partial charge in [-0.3, -0.25) is 0 Å². The smallest absolute Gasteiger partial charge is 0.434 e. The molecule has 0 atom stereocenters. The lowest BCUT2D eigenvalue weighted by Crippen LogP contribution is -2.05. The van der Waals surface area contributed by atoms with Crippen molar-refractivity contribution in [2.24, 2.45) is 0 Å². The zero-order valence-corrected chi connectivity index (χ0v) is 16.2. The van der Waals surface area contributed by atoms with Crippen LogP contribution in [-0.4, -0.2) is 31.3 Å². The molecule has 0 amide bonds. The summed E-state index contributed by atoms with van der Waals surface area (Å²) >= 11 is 0. The first-order valence-corrected chi connectivity index (χ1v) is 10.2. The molecular formula is C19H16F4N2O3S. The second-order valence-corrected chi connectivity index (χ2v) is 8.34. The van der Waals surface area contributed by atoms with E-state index in [1.165, 1.54) is 48.1 Å². The third kappa shape index (κ3) is 4.58. The average Bonchev–Trinajstić information content (AvgIpc) is 3.05. The van der Waals surface area contributed by atoms with Crippen LogP contribution in [0.3, 0.4) is 0 Å². The molecule has 29 heavy (non-hydrogen) atoms. The zero-order valence-electron chi connectivity index (χ0n) is 15.4. The van der Waals surface area contributed by atoms with Crippen LogP contribution in [0.25, 0.3) is 5.69 Å². The van der Waals surface area contributed by atoms with Crippen molar-refractivity contribution in [1.29, 1.82) is 0 Å². The van der Waals surface area contributed by atoms with Crippen molar-refractivity contribution in [3.05, 3.63) is 71.6 Å². The Hall–Kier alpha value is -2.88. The van der Waals surface area contributed by atoms with Crippen LogP contribution in [0, 0.1) is 5.82 Å². The lowest BCUT2D eigenvalue weighted by atomic mass is 10.1. The van der Waals surface area contributed by atoms with Gasteiger partial charge in [-0.2, -0.15) is 13.2 Å². The van der Waals surface area contributed by atoms with E-state index in [2.05, 4.69) is 4.98 Å². The molecule has 5 nitrogen and oxygen atoms in total. The number of ether oxygens (including phenoxy) is 1. The Morgan fingerprint density at radius 1 is 1.10 bits per heavy atom. The van der Waals surface area contributed by atoms with Gasteiger partial charge in [-0.15, -0.1) is 0 Å². The van der Waals surface area contributed by atoms with E-state index in [-0.39, 0.29) is 22.9 Å². The minimum atomic E-state index is -4.67. The molecule has 0 spiro atoms. The van der Waals surface area contributed by atoms with Crippen LogP contribution in [0.1, 0.15) is 17.1 Å². The zero-order chi connectivity index (χ0) is 21.4. The number of rotatable bonds is 5. The van der Waals surface area contributed by atoms with Crippen LogP contribution in [0.15, 0.2) is 53.6 Å². The number of nitrogens with zero attached hydrogens (tertiary/aromatic N) is 2. The van der Waals surface area contributed by atoms with E-state index >= 15 is 0 Å². The standard InChI is InChI=1S/C19H16F4N2O3S/c1-28-16-8-3-12(9-15(16)20)10-18-24-17(19(21,22)23)11-25(18)13-4-6-14(7-5-13)29(2,26)27/h3-9,11H,10H2,1-2H3. The van der Waals surface area contributed by atoms with Crippen molar-refractivity contribution in [1.82, 2.24) is 9.55 Å². The summed E-state index contributed by atoms with van der Waals surface area (Å²) in [5.41, 5.74) is -0.408. The van der Waals surface area contributed by atoms with Crippen LogP contribution in [-0.2, 0) is 22.4 Å². The quantitative estimate of drug-likeness (QED) is 0.576. The molecule has 0 aliphatic carbocycles. The molecule has 0 aliphatic rings. The van der Waals surface area contributed by atoms with Crippen LogP contribution in [0.2, 0.25) is 0 Å². The molecular weight excluding hydrogens is 412 g/mol. The second kappa shape index (κ2) is 7.51. The highest BCUT2D eigenvalue weighted by Gasteiger charge is 2.35. The number of benzene rings is 2. The van der Waals surface area contributed by atoms with Crippen LogP contribution >= 0.6 is 0 Å². The first kappa shape index (κ1) is 20.8. The average molecular weight is 428 g/mol. The summed E-state index contributed by atoms with van der Waals surface area (Å²) in [5, 5.41) is 0. The monoisotopic (exact) mass is 428 g/mol. The number of hydrogen-bond acceptors (Lipinski definition) is 4. The van der Waals surface area contributed by atoms with Gasteiger partial charge in [-0.1, -0.05) is 6.07 Å². The minimum absolute atomic E-state index is 0.0180. The van der Waals surface area contributed by atoms with E-state index in [0.29, 0.717) is 11.3 Å². The molecule has 0 radical (unpaired) electrons. The summed E-state index contributed by atoms with van der Waals surface area (Å²) in [6.45, 7) is 0. The molecule has 0 fully saturated rings. The lowest BCUT2D eigenvalue weighted by molar-refractivity contribution is -0.141. The molecule has 3 rings (SSSR count).